The summed E-state index contributed by atoms with van der Waals surface area (Å²) in [7, 11) is 1.80. The van der Waals surface area contributed by atoms with Crippen LogP contribution in [0.4, 0.5) is 5.69 Å². The zero-order valence-corrected chi connectivity index (χ0v) is 10.6. The van der Waals surface area contributed by atoms with Crippen LogP contribution in [0.5, 0.6) is 0 Å². The van der Waals surface area contributed by atoms with Gasteiger partial charge in [0.1, 0.15) is 0 Å². The summed E-state index contributed by atoms with van der Waals surface area (Å²) in [6.45, 7) is -0.109. The molecule has 5 nitrogen and oxygen atoms in total. The van der Waals surface area contributed by atoms with E-state index in [0.717, 1.165) is 5.69 Å². The first-order chi connectivity index (χ1) is 9.20. The minimum Gasteiger partial charge on any atom is -0.392 e. The molecule has 1 heterocycles. The van der Waals surface area contributed by atoms with Crippen molar-refractivity contribution in [3.8, 4) is 0 Å². The van der Waals surface area contributed by atoms with Crippen LogP contribution in [0.25, 0.3) is 6.08 Å². The maximum Gasteiger partial charge on any atom is 0.248 e. The summed E-state index contributed by atoms with van der Waals surface area (Å²) in [4.78, 5) is 11.8. The van der Waals surface area contributed by atoms with Gasteiger partial charge in [0.15, 0.2) is 0 Å². The molecule has 1 amide bonds. The standard InChI is InChI=1S/C14H15N3O2/c1-17-12(8-9-15-17)6-7-14(19)16-13-5-3-2-4-11(13)10-18/h2-9,18H,10H2,1H3,(H,16,19). The molecule has 0 unspecified atom stereocenters. The summed E-state index contributed by atoms with van der Waals surface area (Å²) in [6.07, 6.45) is 4.79. The van der Waals surface area contributed by atoms with Gasteiger partial charge in [0.2, 0.25) is 5.91 Å². The number of nitrogens with one attached hydrogen (secondary N) is 1. The number of hydrogen-bond donors (Lipinski definition) is 2. The van der Waals surface area contributed by atoms with E-state index >= 15 is 0 Å². The Labute approximate surface area is 111 Å². The van der Waals surface area contributed by atoms with Crippen LogP contribution in [0.1, 0.15) is 11.3 Å². The predicted molar refractivity (Wildman–Crippen MR) is 73.2 cm³/mol. The van der Waals surface area contributed by atoms with Crippen LogP contribution in [-0.2, 0) is 18.4 Å². The Morgan fingerprint density at radius 2 is 2.21 bits per heavy atom. The Morgan fingerprint density at radius 1 is 1.42 bits per heavy atom. The number of aliphatic hydroxyl groups excluding tert-OH is 1. The fraction of sp³-hybridized carbons (Fsp3) is 0.143. The van der Waals surface area contributed by atoms with Crippen molar-refractivity contribution in [1.29, 1.82) is 0 Å². The summed E-state index contributed by atoms with van der Waals surface area (Å²) >= 11 is 0. The third-order valence-electron chi connectivity index (χ3n) is 2.71. The summed E-state index contributed by atoms with van der Waals surface area (Å²) in [5, 5.41) is 15.9. The monoisotopic (exact) mass is 257 g/mol. The molecule has 0 saturated carbocycles. The molecule has 2 aromatic rings. The van der Waals surface area contributed by atoms with Crippen molar-refractivity contribution < 1.29 is 9.90 Å². The average Bonchev–Trinajstić information content (AvgIpc) is 2.82. The summed E-state index contributed by atoms with van der Waals surface area (Å²) in [5.41, 5.74) is 2.14. The van der Waals surface area contributed by atoms with Gasteiger partial charge in [0.25, 0.3) is 0 Å². The van der Waals surface area contributed by atoms with Gasteiger partial charge in [-0.3, -0.25) is 9.48 Å². The zero-order chi connectivity index (χ0) is 13.7. The van der Waals surface area contributed by atoms with Gasteiger partial charge >= 0.3 is 0 Å². The lowest BCUT2D eigenvalue weighted by atomic mass is 10.2. The average molecular weight is 257 g/mol. The number of amides is 1. The lowest BCUT2D eigenvalue weighted by Gasteiger charge is -2.06. The molecule has 0 spiro atoms. The predicted octanol–water partition coefficient (Wildman–Crippen LogP) is 1.56. The fourth-order valence-electron chi connectivity index (χ4n) is 1.66. The molecule has 0 atom stereocenters. The molecule has 0 aliphatic rings. The molecule has 0 aliphatic carbocycles. The van der Waals surface area contributed by atoms with Crippen LogP contribution in [0, 0.1) is 0 Å². The minimum atomic E-state index is -0.248. The third kappa shape index (κ3) is 3.29. The summed E-state index contributed by atoms with van der Waals surface area (Å²) in [6, 6.07) is 8.94. The quantitative estimate of drug-likeness (QED) is 0.817. The fourth-order valence-corrected chi connectivity index (χ4v) is 1.66. The number of aliphatic hydroxyl groups is 1. The van der Waals surface area contributed by atoms with Gasteiger partial charge < -0.3 is 10.4 Å². The lowest BCUT2D eigenvalue weighted by molar-refractivity contribution is -0.111. The summed E-state index contributed by atoms with van der Waals surface area (Å²) < 4.78 is 1.67. The van der Waals surface area contributed by atoms with Crippen LogP contribution in [0.3, 0.4) is 0 Å². The molecular weight excluding hydrogens is 242 g/mol. The highest BCUT2D eigenvalue weighted by atomic mass is 16.3. The maximum atomic E-state index is 11.8. The topological polar surface area (TPSA) is 67.2 Å². The molecule has 98 valence electrons. The molecule has 0 fully saturated rings. The smallest absolute Gasteiger partial charge is 0.248 e. The highest BCUT2D eigenvalue weighted by molar-refractivity contribution is 6.02. The molecule has 0 bridgehead atoms. The van der Waals surface area contributed by atoms with Crippen molar-refractivity contribution in [1.82, 2.24) is 9.78 Å². The van der Waals surface area contributed by atoms with E-state index in [0.29, 0.717) is 11.3 Å². The van der Waals surface area contributed by atoms with E-state index in [2.05, 4.69) is 10.4 Å². The Kier molecular flexibility index (Phi) is 4.10. The number of hydrogen-bond acceptors (Lipinski definition) is 3. The van der Waals surface area contributed by atoms with Crippen molar-refractivity contribution in [2.45, 2.75) is 6.61 Å². The first kappa shape index (κ1) is 13.0. The second-order valence-electron chi connectivity index (χ2n) is 4.02. The molecule has 0 saturated heterocycles. The minimum absolute atomic E-state index is 0.109. The molecule has 5 heteroatoms. The Morgan fingerprint density at radius 3 is 2.89 bits per heavy atom. The van der Waals surface area contributed by atoms with Gasteiger partial charge in [-0.1, -0.05) is 18.2 Å². The van der Waals surface area contributed by atoms with Gasteiger partial charge in [-0.15, -0.1) is 0 Å². The lowest BCUT2D eigenvalue weighted by Crippen LogP contribution is -2.09. The van der Waals surface area contributed by atoms with E-state index in [4.69, 9.17) is 5.11 Å². The molecule has 19 heavy (non-hydrogen) atoms. The van der Waals surface area contributed by atoms with Crippen molar-refractivity contribution in [3.63, 3.8) is 0 Å². The van der Waals surface area contributed by atoms with E-state index < -0.39 is 0 Å². The van der Waals surface area contributed by atoms with Crippen LogP contribution in [0.2, 0.25) is 0 Å². The van der Waals surface area contributed by atoms with E-state index in [9.17, 15) is 4.79 Å². The number of anilines is 1. The Bertz CT molecular complexity index is 602. The normalized spacial score (nSPS) is 10.8. The number of aromatic nitrogens is 2. The van der Waals surface area contributed by atoms with Crippen LogP contribution in [-0.4, -0.2) is 20.8 Å². The Hall–Kier alpha value is -2.40. The van der Waals surface area contributed by atoms with E-state index in [1.165, 1.54) is 6.08 Å². The zero-order valence-electron chi connectivity index (χ0n) is 10.6. The van der Waals surface area contributed by atoms with Gasteiger partial charge in [0, 0.05) is 30.6 Å². The molecular formula is C14H15N3O2. The van der Waals surface area contributed by atoms with E-state index in [1.807, 2.05) is 12.1 Å². The molecule has 0 radical (unpaired) electrons. The van der Waals surface area contributed by atoms with Gasteiger partial charge in [-0.2, -0.15) is 5.10 Å². The van der Waals surface area contributed by atoms with Crippen LogP contribution < -0.4 is 5.32 Å². The number of benzene rings is 1. The number of rotatable bonds is 4. The van der Waals surface area contributed by atoms with Gasteiger partial charge in [-0.25, -0.2) is 0 Å². The SMILES string of the molecule is Cn1nccc1C=CC(=O)Nc1ccccc1CO. The first-order valence-corrected chi connectivity index (χ1v) is 5.86. The molecule has 1 aromatic carbocycles. The Balaban J connectivity index is 2.06. The number of carbonyl (C=O) groups excluding carboxylic acids is 1. The molecule has 1 aromatic heterocycles. The van der Waals surface area contributed by atoms with Crippen molar-refractivity contribution in [2.24, 2.45) is 7.05 Å². The van der Waals surface area contributed by atoms with Crippen molar-refractivity contribution in [2.75, 3.05) is 5.32 Å². The molecule has 0 aliphatic heterocycles. The second-order valence-corrected chi connectivity index (χ2v) is 4.02. The number of nitrogens with zero attached hydrogens (tertiary/aromatic N) is 2. The van der Waals surface area contributed by atoms with Crippen molar-refractivity contribution in [3.05, 3.63) is 53.9 Å². The highest BCUT2D eigenvalue weighted by Crippen LogP contribution is 2.14. The van der Waals surface area contributed by atoms with Gasteiger partial charge in [-0.05, 0) is 18.2 Å². The second kappa shape index (κ2) is 5.97. The molecule has 2 N–H and O–H groups in total. The number of para-hydroxylation sites is 1. The van der Waals surface area contributed by atoms with E-state index in [-0.39, 0.29) is 12.5 Å². The van der Waals surface area contributed by atoms with E-state index in [1.54, 1.807) is 42.2 Å². The van der Waals surface area contributed by atoms with Crippen LogP contribution in [0.15, 0.2) is 42.6 Å². The third-order valence-corrected chi connectivity index (χ3v) is 2.71. The van der Waals surface area contributed by atoms with Crippen molar-refractivity contribution >= 4 is 17.7 Å². The van der Waals surface area contributed by atoms with Gasteiger partial charge in [0.05, 0.1) is 12.3 Å². The molecule has 2 rings (SSSR count). The van der Waals surface area contributed by atoms with Crippen LogP contribution >= 0.6 is 0 Å². The number of carbonyl (C=O) groups is 1. The first-order valence-electron chi connectivity index (χ1n) is 5.86. The highest BCUT2D eigenvalue weighted by Gasteiger charge is 2.03. The summed E-state index contributed by atoms with van der Waals surface area (Å²) in [5.74, 6) is -0.248. The number of aryl methyl sites for hydroxylation is 1. The maximum absolute atomic E-state index is 11.8. The largest absolute Gasteiger partial charge is 0.392 e.